The number of anilines is 1. The molecular weight excluding hydrogens is 340 g/mol. The van der Waals surface area contributed by atoms with Crippen molar-refractivity contribution < 1.29 is 14.3 Å². The van der Waals surface area contributed by atoms with Crippen LogP contribution in [0.25, 0.3) is 0 Å². The first kappa shape index (κ1) is 20.6. The Hall–Kier alpha value is -2.69. The number of para-hydroxylation sites is 1. The molecule has 1 N–H and O–H groups in total. The van der Waals surface area contributed by atoms with E-state index >= 15 is 0 Å². The third-order valence-electron chi connectivity index (χ3n) is 4.69. The van der Waals surface area contributed by atoms with Crippen molar-refractivity contribution in [2.24, 2.45) is 0 Å². The topological polar surface area (TPSA) is 50.8 Å². The molecule has 0 radical (unpaired) electrons. The zero-order chi connectivity index (χ0) is 20.0. The van der Waals surface area contributed by atoms with Crippen LogP contribution in [0.3, 0.4) is 0 Å². The van der Waals surface area contributed by atoms with E-state index in [9.17, 15) is 4.79 Å². The van der Waals surface area contributed by atoms with Gasteiger partial charge in [0.05, 0.1) is 14.2 Å². The van der Waals surface area contributed by atoms with Crippen LogP contribution in [-0.2, 0) is 6.42 Å². The van der Waals surface area contributed by atoms with E-state index in [1.165, 1.54) is 0 Å². The molecule has 0 aliphatic heterocycles. The first-order valence-corrected chi connectivity index (χ1v) is 9.19. The average Bonchev–Trinajstić information content (AvgIpc) is 2.66. The Morgan fingerprint density at radius 1 is 1.11 bits per heavy atom. The molecule has 0 unspecified atom stereocenters. The molecule has 5 nitrogen and oxygen atoms in total. The molecule has 2 aromatic carbocycles. The largest absolute Gasteiger partial charge is 0.493 e. The maximum atomic E-state index is 12.7. The smallest absolute Gasteiger partial charge is 0.321 e. The van der Waals surface area contributed by atoms with Crippen LogP contribution < -0.4 is 14.8 Å². The van der Waals surface area contributed by atoms with Crippen LogP contribution in [0, 0.1) is 6.92 Å². The van der Waals surface area contributed by atoms with Crippen LogP contribution in [0.2, 0.25) is 0 Å². The highest BCUT2D eigenvalue weighted by Gasteiger charge is 2.15. The standard InChI is InChI=1S/C22H30N2O3/c1-15(2)18-9-7-8-16(3)21(18)23-22(25)24(4)13-12-17-10-11-19(26-5)20(14-17)27-6/h7-11,14-15H,12-13H2,1-6H3,(H,23,25). The van der Waals surface area contributed by atoms with Crippen molar-refractivity contribution in [3.63, 3.8) is 0 Å². The van der Waals surface area contributed by atoms with E-state index in [-0.39, 0.29) is 6.03 Å². The number of nitrogens with one attached hydrogen (secondary N) is 1. The Morgan fingerprint density at radius 2 is 1.81 bits per heavy atom. The van der Waals surface area contributed by atoms with Crippen LogP contribution in [0.5, 0.6) is 11.5 Å². The second-order valence-corrected chi connectivity index (χ2v) is 6.98. The number of aryl methyl sites for hydroxylation is 1. The summed E-state index contributed by atoms with van der Waals surface area (Å²) in [5, 5.41) is 3.08. The van der Waals surface area contributed by atoms with Crippen molar-refractivity contribution >= 4 is 11.7 Å². The molecule has 0 atom stereocenters. The fourth-order valence-corrected chi connectivity index (χ4v) is 2.98. The Bertz CT molecular complexity index is 787. The fraction of sp³-hybridized carbons (Fsp3) is 0.409. The lowest BCUT2D eigenvalue weighted by molar-refractivity contribution is 0.223. The molecule has 146 valence electrons. The maximum absolute atomic E-state index is 12.7. The first-order valence-electron chi connectivity index (χ1n) is 9.19. The van der Waals surface area contributed by atoms with Gasteiger partial charge in [0.25, 0.3) is 0 Å². The number of likely N-dealkylation sites (N-methyl/N-ethyl adjacent to an activating group) is 1. The second-order valence-electron chi connectivity index (χ2n) is 6.98. The number of ether oxygens (including phenoxy) is 2. The predicted molar refractivity (Wildman–Crippen MR) is 110 cm³/mol. The van der Waals surface area contributed by atoms with Crippen LogP contribution in [0.4, 0.5) is 10.5 Å². The van der Waals surface area contributed by atoms with Gasteiger partial charge in [0, 0.05) is 19.3 Å². The van der Waals surface area contributed by atoms with Gasteiger partial charge in [0.2, 0.25) is 0 Å². The fourth-order valence-electron chi connectivity index (χ4n) is 2.98. The van der Waals surface area contributed by atoms with Crippen molar-refractivity contribution in [1.29, 1.82) is 0 Å². The van der Waals surface area contributed by atoms with Gasteiger partial charge in [-0.1, -0.05) is 38.1 Å². The van der Waals surface area contributed by atoms with Gasteiger partial charge in [0.1, 0.15) is 0 Å². The van der Waals surface area contributed by atoms with E-state index < -0.39 is 0 Å². The lowest BCUT2D eigenvalue weighted by Crippen LogP contribution is -2.33. The van der Waals surface area contributed by atoms with Crippen LogP contribution in [-0.4, -0.2) is 38.7 Å². The first-order chi connectivity index (χ1) is 12.9. The highest BCUT2D eigenvalue weighted by molar-refractivity contribution is 5.91. The Morgan fingerprint density at radius 3 is 2.44 bits per heavy atom. The van der Waals surface area contributed by atoms with E-state index in [0.29, 0.717) is 24.0 Å². The monoisotopic (exact) mass is 370 g/mol. The van der Waals surface area contributed by atoms with Gasteiger partial charge >= 0.3 is 6.03 Å². The van der Waals surface area contributed by atoms with Crippen LogP contribution >= 0.6 is 0 Å². The zero-order valence-corrected chi connectivity index (χ0v) is 17.1. The molecule has 0 aliphatic rings. The summed E-state index contributed by atoms with van der Waals surface area (Å²) in [5.41, 5.74) is 4.22. The van der Waals surface area contributed by atoms with Crippen molar-refractivity contribution in [3.8, 4) is 11.5 Å². The Kier molecular flexibility index (Phi) is 7.11. The summed E-state index contributed by atoms with van der Waals surface area (Å²) in [7, 11) is 5.05. The molecule has 0 fully saturated rings. The zero-order valence-electron chi connectivity index (χ0n) is 17.1. The number of hydrogen-bond donors (Lipinski definition) is 1. The van der Waals surface area contributed by atoms with Crippen molar-refractivity contribution in [2.75, 3.05) is 33.1 Å². The number of benzene rings is 2. The van der Waals surface area contributed by atoms with E-state index in [2.05, 4.69) is 25.2 Å². The third kappa shape index (κ3) is 5.16. The van der Waals surface area contributed by atoms with E-state index in [4.69, 9.17) is 9.47 Å². The molecule has 2 amide bonds. The number of methoxy groups -OCH3 is 2. The number of amides is 2. The minimum Gasteiger partial charge on any atom is -0.493 e. The van der Waals surface area contributed by atoms with Crippen molar-refractivity contribution in [3.05, 3.63) is 53.1 Å². The summed E-state index contributed by atoms with van der Waals surface area (Å²) in [6, 6.07) is 11.8. The quantitative estimate of drug-likeness (QED) is 0.758. The van der Waals surface area contributed by atoms with Gasteiger partial charge in [-0.25, -0.2) is 4.79 Å². The van der Waals surface area contributed by atoms with E-state index in [1.54, 1.807) is 19.1 Å². The maximum Gasteiger partial charge on any atom is 0.321 e. The highest BCUT2D eigenvalue weighted by atomic mass is 16.5. The van der Waals surface area contributed by atoms with Crippen molar-refractivity contribution in [1.82, 2.24) is 4.90 Å². The molecule has 2 rings (SSSR count). The summed E-state index contributed by atoms with van der Waals surface area (Å²) in [6.07, 6.45) is 0.731. The summed E-state index contributed by atoms with van der Waals surface area (Å²) in [5.74, 6) is 1.74. The van der Waals surface area contributed by atoms with Gasteiger partial charge in [-0.3, -0.25) is 0 Å². The minimum atomic E-state index is -0.105. The molecule has 0 saturated heterocycles. The second kappa shape index (κ2) is 9.31. The normalized spacial score (nSPS) is 10.6. The SMILES string of the molecule is COc1ccc(CCN(C)C(=O)Nc2c(C)cccc2C(C)C)cc1OC. The Balaban J connectivity index is 2.03. The van der Waals surface area contributed by atoms with Gasteiger partial charge in [-0.15, -0.1) is 0 Å². The van der Waals surface area contributed by atoms with Crippen molar-refractivity contribution in [2.45, 2.75) is 33.1 Å². The molecule has 27 heavy (non-hydrogen) atoms. The summed E-state index contributed by atoms with van der Waals surface area (Å²) >= 11 is 0. The number of carbonyl (C=O) groups is 1. The molecule has 0 spiro atoms. The molecule has 0 bridgehead atoms. The molecule has 0 aliphatic carbocycles. The predicted octanol–water partition coefficient (Wildman–Crippen LogP) is 4.84. The summed E-state index contributed by atoms with van der Waals surface area (Å²) < 4.78 is 10.6. The highest BCUT2D eigenvalue weighted by Crippen LogP contribution is 2.29. The minimum absolute atomic E-state index is 0.105. The molecule has 0 saturated carbocycles. The van der Waals surface area contributed by atoms with Crippen LogP contribution in [0.1, 0.15) is 36.5 Å². The molecule has 2 aromatic rings. The number of nitrogens with zero attached hydrogens (tertiary/aromatic N) is 1. The lowest BCUT2D eigenvalue weighted by Gasteiger charge is -2.22. The third-order valence-corrected chi connectivity index (χ3v) is 4.69. The molecular formula is C22H30N2O3. The number of urea groups is 1. The summed E-state index contributed by atoms with van der Waals surface area (Å²) in [6.45, 7) is 6.88. The van der Waals surface area contributed by atoms with Gasteiger partial charge in [-0.2, -0.15) is 0 Å². The van der Waals surface area contributed by atoms with Gasteiger partial charge in [-0.05, 0) is 48.1 Å². The summed E-state index contributed by atoms with van der Waals surface area (Å²) in [4.78, 5) is 14.4. The molecule has 0 heterocycles. The van der Waals surface area contributed by atoms with E-state index in [0.717, 1.165) is 28.8 Å². The molecule has 0 aromatic heterocycles. The van der Waals surface area contributed by atoms with E-state index in [1.807, 2.05) is 44.3 Å². The van der Waals surface area contributed by atoms with Gasteiger partial charge < -0.3 is 19.7 Å². The number of carbonyl (C=O) groups excluding carboxylic acids is 1. The lowest BCUT2D eigenvalue weighted by atomic mass is 9.98. The number of rotatable bonds is 7. The van der Waals surface area contributed by atoms with Crippen LogP contribution in [0.15, 0.2) is 36.4 Å². The number of hydrogen-bond acceptors (Lipinski definition) is 3. The average molecular weight is 370 g/mol. The molecule has 5 heteroatoms. The van der Waals surface area contributed by atoms with Gasteiger partial charge in [0.15, 0.2) is 11.5 Å². The Labute approximate surface area is 162 Å².